The molecule has 0 aromatic heterocycles. The molecule has 0 saturated heterocycles. The Balaban J connectivity index is 1.91. The SMILES string of the molecule is COC(=O)CCNc1cccc2c1C(=O)c1c(NCCC(=O)OC)cccc1C2=O. The highest BCUT2D eigenvalue weighted by atomic mass is 16.5. The number of ether oxygens (including phenoxy) is 2. The topological polar surface area (TPSA) is 111 Å². The average molecular weight is 410 g/mol. The molecule has 2 aromatic carbocycles. The monoisotopic (exact) mass is 410 g/mol. The van der Waals surface area contributed by atoms with Crippen molar-refractivity contribution >= 4 is 34.9 Å². The van der Waals surface area contributed by atoms with E-state index in [0.29, 0.717) is 22.5 Å². The number of hydrogen-bond acceptors (Lipinski definition) is 8. The van der Waals surface area contributed by atoms with Gasteiger partial charge in [0, 0.05) is 35.6 Å². The van der Waals surface area contributed by atoms with E-state index in [-0.39, 0.29) is 60.6 Å². The molecule has 0 amide bonds. The molecule has 0 unspecified atom stereocenters. The van der Waals surface area contributed by atoms with Crippen LogP contribution in [0, 0.1) is 0 Å². The zero-order chi connectivity index (χ0) is 21.7. The Morgan fingerprint density at radius 1 is 0.733 bits per heavy atom. The van der Waals surface area contributed by atoms with Crippen molar-refractivity contribution in [2.24, 2.45) is 0 Å². The van der Waals surface area contributed by atoms with Crippen molar-refractivity contribution in [3.05, 3.63) is 58.7 Å². The molecule has 3 rings (SSSR count). The summed E-state index contributed by atoms with van der Waals surface area (Å²) >= 11 is 0. The van der Waals surface area contributed by atoms with Crippen molar-refractivity contribution < 1.29 is 28.7 Å². The standard InChI is InChI=1S/C22H22N2O6/c1-29-17(25)9-11-23-15-7-3-5-13-19(15)22(28)20-14(21(13)27)6-4-8-16(20)24-12-10-18(26)30-2/h3-8,23-24H,9-12H2,1-2H3. The van der Waals surface area contributed by atoms with Gasteiger partial charge in [-0.15, -0.1) is 0 Å². The lowest BCUT2D eigenvalue weighted by molar-refractivity contribution is -0.141. The fourth-order valence-electron chi connectivity index (χ4n) is 3.34. The van der Waals surface area contributed by atoms with Crippen LogP contribution in [0.3, 0.4) is 0 Å². The molecule has 0 radical (unpaired) electrons. The van der Waals surface area contributed by atoms with Crippen LogP contribution in [0.25, 0.3) is 0 Å². The summed E-state index contributed by atoms with van der Waals surface area (Å²) in [6.07, 6.45) is 0.248. The Morgan fingerprint density at radius 3 is 1.57 bits per heavy atom. The number of hydrogen-bond donors (Lipinski definition) is 2. The summed E-state index contributed by atoms with van der Waals surface area (Å²) < 4.78 is 9.24. The number of esters is 2. The molecular weight excluding hydrogens is 388 g/mol. The van der Waals surface area contributed by atoms with E-state index >= 15 is 0 Å². The molecule has 2 aromatic rings. The van der Waals surface area contributed by atoms with Crippen LogP contribution in [0.4, 0.5) is 11.4 Å². The fraction of sp³-hybridized carbons (Fsp3) is 0.273. The number of carbonyl (C=O) groups excluding carboxylic acids is 4. The first-order valence-corrected chi connectivity index (χ1v) is 9.44. The van der Waals surface area contributed by atoms with Crippen LogP contribution in [-0.2, 0) is 19.1 Å². The lowest BCUT2D eigenvalue weighted by Crippen LogP contribution is -2.25. The van der Waals surface area contributed by atoms with Crippen LogP contribution < -0.4 is 10.6 Å². The highest BCUT2D eigenvalue weighted by Gasteiger charge is 2.33. The predicted octanol–water partition coefficient (Wildman–Crippen LogP) is 2.41. The van der Waals surface area contributed by atoms with Crippen LogP contribution >= 0.6 is 0 Å². The minimum Gasteiger partial charge on any atom is -0.469 e. The molecule has 1 aliphatic carbocycles. The number of anilines is 2. The predicted molar refractivity (Wildman–Crippen MR) is 110 cm³/mol. The Hall–Kier alpha value is -3.68. The van der Waals surface area contributed by atoms with Gasteiger partial charge in [0.2, 0.25) is 0 Å². The molecule has 0 aliphatic heterocycles. The Kier molecular flexibility index (Phi) is 6.46. The number of methoxy groups -OCH3 is 2. The van der Waals surface area contributed by atoms with E-state index in [4.69, 9.17) is 0 Å². The molecule has 1 aliphatic rings. The molecule has 30 heavy (non-hydrogen) atoms. The maximum Gasteiger partial charge on any atom is 0.307 e. The summed E-state index contributed by atoms with van der Waals surface area (Å²) in [4.78, 5) is 49.2. The van der Waals surface area contributed by atoms with Gasteiger partial charge in [-0.25, -0.2) is 0 Å². The molecule has 0 atom stereocenters. The van der Waals surface area contributed by atoms with Gasteiger partial charge in [-0.3, -0.25) is 19.2 Å². The first-order chi connectivity index (χ1) is 14.5. The summed E-state index contributed by atoms with van der Waals surface area (Å²) in [5.74, 6) is -1.32. The molecule has 8 nitrogen and oxygen atoms in total. The van der Waals surface area contributed by atoms with E-state index in [1.54, 1.807) is 36.4 Å². The van der Waals surface area contributed by atoms with E-state index in [1.807, 2.05) is 0 Å². The quantitative estimate of drug-likeness (QED) is 0.545. The largest absolute Gasteiger partial charge is 0.469 e. The van der Waals surface area contributed by atoms with Gasteiger partial charge >= 0.3 is 11.9 Å². The van der Waals surface area contributed by atoms with E-state index in [0.717, 1.165) is 0 Å². The molecule has 0 heterocycles. The third-order valence-electron chi connectivity index (χ3n) is 4.82. The second kappa shape index (κ2) is 9.21. The van der Waals surface area contributed by atoms with Crippen LogP contribution in [0.5, 0.6) is 0 Å². The molecule has 156 valence electrons. The number of benzene rings is 2. The number of ketones is 2. The lowest BCUT2D eigenvalue weighted by atomic mass is 9.82. The third kappa shape index (κ3) is 4.17. The lowest BCUT2D eigenvalue weighted by Gasteiger charge is -2.23. The van der Waals surface area contributed by atoms with E-state index in [1.165, 1.54) is 14.2 Å². The van der Waals surface area contributed by atoms with Crippen LogP contribution in [0.2, 0.25) is 0 Å². The summed E-state index contributed by atoms with van der Waals surface area (Å²) in [6.45, 7) is 0.521. The molecule has 0 fully saturated rings. The first kappa shape index (κ1) is 21.0. The molecule has 0 saturated carbocycles. The minimum absolute atomic E-state index is 0.124. The number of fused-ring (bicyclic) bond motifs is 2. The van der Waals surface area contributed by atoms with Crippen molar-refractivity contribution in [3.63, 3.8) is 0 Å². The second-order valence-electron chi connectivity index (χ2n) is 6.62. The first-order valence-electron chi connectivity index (χ1n) is 9.44. The molecule has 2 N–H and O–H groups in total. The van der Waals surface area contributed by atoms with Gasteiger partial charge in [0.05, 0.1) is 38.2 Å². The van der Waals surface area contributed by atoms with Crippen LogP contribution in [-0.4, -0.2) is 50.8 Å². The van der Waals surface area contributed by atoms with E-state index in [2.05, 4.69) is 20.1 Å². The summed E-state index contributed by atoms with van der Waals surface area (Å²) in [7, 11) is 2.61. The fourth-order valence-corrected chi connectivity index (χ4v) is 3.34. The van der Waals surface area contributed by atoms with Gasteiger partial charge in [0.1, 0.15) is 0 Å². The highest BCUT2D eigenvalue weighted by Crippen LogP contribution is 2.35. The zero-order valence-electron chi connectivity index (χ0n) is 16.7. The van der Waals surface area contributed by atoms with E-state index < -0.39 is 0 Å². The number of carbonyl (C=O) groups is 4. The van der Waals surface area contributed by atoms with Gasteiger partial charge in [-0.2, -0.15) is 0 Å². The molecule has 8 heteroatoms. The molecule has 0 spiro atoms. The third-order valence-corrected chi connectivity index (χ3v) is 4.82. The van der Waals surface area contributed by atoms with Crippen molar-refractivity contribution in [2.75, 3.05) is 37.9 Å². The summed E-state index contributed by atoms with van der Waals surface area (Å²) in [6, 6.07) is 9.99. The molecular formula is C22H22N2O6. The van der Waals surface area contributed by atoms with Gasteiger partial charge in [0.25, 0.3) is 0 Å². The van der Waals surface area contributed by atoms with Crippen molar-refractivity contribution in [1.29, 1.82) is 0 Å². The van der Waals surface area contributed by atoms with Crippen molar-refractivity contribution in [3.8, 4) is 0 Å². The summed E-state index contributed by atoms with van der Waals surface area (Å²) in [5, 5.41) is 6.10. The Bertz CT molecular complexity index is 937. The van der Waals surface area contributed by atoms with Crippen LogP contribution in [0.1, 0.15) is 44.7 Å². The zero-order valence-corrected chi connectivity index (χ0v) is 16.7. The number of nitrogens with one attached hydrogen (secondary N) is 2. The van der Waals surface area contributed by atoms with Crippen LogP contribution in [0.15, 0.2) is 36.4 Å². The van der Waals surface area contributed by atoms with E-state index in [9.17, 15) is 19.2 Å². The van der Waals surface area contributed by atoms with Gasteiger partial charge in [-0.05, 0) is 12.1 Å². The van der Waals surface area contributed by atoms with Gasteiger partial charge in [-0.1, -0.05) is 24.3 Å². The second-order valence-corrected chi connectivity index (χ2v) is 6.62. The highest BCUT2D eigenvalue weighted by molar-refractivity contribution is 6.31. The molecule has 0 bridgehead atoms. The maximum atomic E-state index is 13.4. The Morgan fingerprint density at radius 2 is 1.17 bits per heavy atom. The van der Waals surface area contributed by atoms with Gasteiger partial charge < -0.3 is 20.1 Å². The smallest absolute Gasteiger partial charge is 0.307 e. The van der Waals surface area contributed by atoms with Gasteiger partial charge in [0.15, 0.2) is 11.6 Å². The minimum atomic E-state index is -0.378. The maximum absolute atomic E-state index is 13.4. The normalized spacial score (nSPS) is 11.9. The average Bonchev–Trinajstić information content (AvgIpc) is 2.76. The Labute approximate surface area is 173 Å². The van der Waals surface area contributed by atoms with Crippen molar-refractivity contribution in [2.45, 2.75) is 12.8 Å². The van der Waals surface area contributed by atoms with Crippen molar-refractivity contribution in [1.82, 2.24) is 0 Å². The number of rotatable bonds is 8. The summed E-state index contributed by atoms with van der Waals surface area (Å²) in [5.41, 5.74) is 2.10.